The molecule has 4 rings (SSSR count). The fraction of sp³-hybridized carbons (Fsp3) is 0.0909. The molecule has 30 heavy (non-hydrogen) atoms. The first-order valence-corrected chi connectivity index (χ1v) is 10.7. The zero-order valence-corrected chi connectivity index (χ0v) is 16.9. The Morgan fingerprint density at radius 2 is 1.63 bits per heavy atom. The molecule has 0 fully saturated rings. The molecule has 1 heterocycles. The maximum Gasteiger partial charge on any atom is 0.269 e. The highest BCUT2D eigenvalue weighted by Gasteiger charge is 2.25. The number of aryl methyl sites for hydroxylation is 1. The number of sulfonamides is 1. The van der Waals surface area contributed by atoms with E-state index in [0.29, 0.717) is 5.56 Å². The maximum absolute atomic E-state index is 13.1. The zero-order valence-electron chi connectivity index (χ0n) is 16.1. The lowest BCUT2D eigenvalue weighted by Crippen LogP contribution is -2.29. The van der Waals surface area contributed by atoms with Crippen molar-refractivity contribution in [3.8, 4) is 0 Å². The maximum atomic E-state index is 13.1. The summed E-state index contributed by atoms with van der Waals surface area (Å²) in [5, 5.41) is 11.9. The van der Waals surface area contributed by atoms with E-state index in [1.165, 1.54) is 12.1 Å². The Kier molecular flexibility index (Phi) is 5.11. The van der Waals surface area contributed by atoms with Crippen LogP contribution in [-0.2, 0) is 10.0 Å². The minimum atomic E-state index is -3.84. The van der Waals surface area contributed by atoms with Crippen molar-refractivity contribution >= 4 is 26.6 Å². The minimum Gasteiger partial charge on any atom is -0.361 e. The van der Waals surface area contributed by atoms with Gasteiger partial charge in [0, 0.05) is 29.2 Å². The number of nitrogens with one attached hydrogen (secondary N) is 2. The molecule has 0 bridgehead atoms. The van der Waals surface area contributed by atoms with Crippen LogP contribution in [0.1, 0.15) is 22.7 Å². The van der Waals surface area contributed by atoms with E-state index in [1.54, 1.807) is 42.6 Å². The Morgan fingerprint density at radius 3 is 2.30 bits per heavy atom. The molecule has 0 saturated heterocycles. The summed E-state index contributed by atoms with van der Waals surface area (Å²) in [6.07, 6.45) is 1.76. The second-order valence-corrected chi connectivity index (χ2v) is 8.72. The highest BCUT2D eigenvalue weighted by molar-refractivity contribution is 7.89. The molecule has 4 aromatic rings. The number of fused-ring (bicyclic) bond motifs is 1. The molecule has 0 spiro atoms. The summed E-state index contributed by atoms with van der Waals surface area (Å²) >= 11 is 0. The lowest BCUT2D eigenvalue weighted by atomic mass is 9.99. The molecule has 0 radical (unpaired) electrons. The van der Waals surface area contributed by atoms with Crippen LogP contribution in [0, 0.1) is 17.0 Å². The quantitative estimate of drug-likeness (QED) is 0.354. The van der Waals surface area contributed by atoms with Gasteiger partial charge in [0.25, 0.3) is 5.69 Å². The van der Waals surface area contributed by atoms with E-state index in [1.807, 2.05) is 31.2 Å². The molecule has 0 amide bonds. The van der Waals surface area contributed by atoms with Gasteiger partial charge in [-0.1, -0.05) is 48.0 Å². The lowest BCUT2D eigenvalue weighted by Gasteiger charge is -2.19. The summed E-state index contributed by atoms with van der Waals surface area (Å²) in [5.41, 5.74) is 3.10. The number of hydrogen-bond acceptors (Lipinski definition) is 4. The number of benzene rings is 3. The Hall–Kier alpha value is -3.49. The Morgan fingerprint density at radius 1 is 0.967 bits per heavy atom. The van der Waals surface area contributed by atoms with Crippen LogP contribution in [0.25, 0.3) is 10.9 Å². The van der Waals surface area contributed by atoms with Gasteiger partial charge in [-0.2, -0.15) is 4.72 Å². The van der Waals surface area contributed by atoms with Gasteiger partial charge in [-0.05, 0) is 36.2 Å². The summed E-state index contributed by atoms with van der Waals surface area (Å²) in [5.74, 6) is 0. The van der Waals surface area contributed by atoms with Gasteiger partial charge in [-0.25, -0.2) is 8.42 Å². The zero-order chi connectivity index (χ0) is 21.3. The third kappa shape index (κ3) is 3.83. The number of aromatic amines is 1. The number of rotatable bonds is 6. The largest absolute Gasteiger partial charge is 0.361 e. The predicted molar refractivity (Wildman–Crippen MR) is 115 cm³/mol. The molecule has 0 unspecified atom stereocenters. The number of nitro benzene ring substituents is 1. The molecule has 7 nitrogen and oxygen atoms in total. The average molecular weight is 421 g/mol. The molecule has 0 saturated carbocycles. The molecule has 3 aromatic carbocycles. The van der Waals surface area contributed by atoms with Gasteiger partial charge in [0.1, 0.15) is 0 Å². The van der Waals surface area contributed by atoms with E-state index >= 15 is 0 Å². The summed E-state index contributed by atoms with van der Waals surface area (Å²) in [4.78, 5) is 13.8. The number of nitro groups is 1. The van der Waals surface area contributed by atoms with Gasteiger partial charge in [0.2, 0.25) is 10.0 Å². The third-order valence-corrected chi connectivity index (χ3v) is 6.41. The van der Waals surface area contributed by atoms with Crippen LogP contribution in [0.4, 0.5) is 5.69 Å². The van der Waals surface area contributed by atoms with Crippen LogP contribution < -0.4 is 4.72 Å². The number of para-hydroxylation sites is 1. The van der Waals surface area contributed by atoms with Crippen molar-refractivity contribution in [1.29, 1.82) is 0 Å². The highest BCUT2D eigenvalue weighted by atomic mass is 32.2. The van der Waals surface area contributed by atoms with Crippen molar-refractivity contribution in [1.82, 2.24) is 9.71 Å². The number of non-ortho nitro benzene ring substituents is 1. The summed E-state index contributed by atoms with van der Waals surface area (Å²) < 4.78 is 29.0. The van der Waals surface area contributed by atoms with Crippen LogP contribution in [-0.4, -0.2) is 18.3 Å². The van der Waals surface area contributed by atoms with Crippen LogP contribution in [0.2, 0.25) is 0 Å². The van der Waals surface area contributed by atoms with Crippen LogP contribution >= 0.6 is 0 Å². The number of hydrogen-bond donors (Lipinski definition) is 2. The molecule has 152 valence electrons. The Labute approximate surface area is 173 Å². The third-order valence-electron chi connectivity index (χ3n) is 4.97. The molecule has 1 aromatic heterocycles. The first-order valence-electron chi connectivity index (χ1n) is 9.24. The molecular formula is C22H19N3O4S. The van der Waals surface area contributed by atoms with E-state index in [4.69, 9.17) is 0 Å². The van der Waals surface area contributed by atoms with Gasteiger partial charge in [0.15, 0.2) is 0 Å². The van der Waals surface area contributed by atoms with Crippen molar-refractivity contribution in [2.24, 2.45) is 0 Å². The fourth-order valence-corrected chi connectivity index (χ4v) is 4.58. The molecule has 8 heteroatoms. The fourth-order valence-electron chi connectivity index (χ4n) is 3.37. The Bertz CT molecular complexity index is 1310. The van der Waals surface area contributed by atoms with Gasteiger partial charge in [0.05, 0.1) is 15.9 Å². The normalized spacial score (nSPS) is 12.7. The number of H-pyrrole nitrogens is 1. The molecule has 1 atom stereocenters. The molecular weight excluding hydrogens is 402 g/mol. The average Bonchev–Trinajstić information content (AvgIpc) is 3.16. The van der Waals surface area contributed by atoms with E-state index in [9.17, 15) is 18.5 Å². The predicted octanol–water partition coefficient (Wildman–Crippen LogP) is 4.45. The Balaban J connectivity index is 1.81. The van der Waals surface area contributed by atoms with E-state index < -0.39 is 21.0 Å². The summed E-state index contributed by atoms with van der Waals surface area (Å²) in [6.45, 7) is 1.88. The second-order valence-electron chi connectivity index (χ2n) is 7.01. The van der Waals surface area contributed by atoms with E-state index in [-0.39, 0.29) is 10.6 Å². The highest BCUT2D eigenvalue weighted by Crippen LogP contribution is 2.31. The van der Waals surface area contributed by atoms with E-state index in [0.717, 1.165) is 22.0 Å². The molecule has 0 aliphatic heterocycles. The standard InChI is InChI=1S/C22H19N3O4S/c1-15-6-12-18(13-7-15)30(28,29)24-22(16-8-10-17(11-9-16)25(26)27)20-14-23-21-5-3-2-4-19(20)21/h2-14,22-24H,1H3/t22-/m1/s1. The smallest absolute Gasteiger partial charge is 0.269 e. The monoisotopic (exact) mass is 421 g/mol. The van der Waals surface area contributed by atoms with Crippen molar-refractivity contribution in [3.05, 3.63) is 106 Å². The number of nitrogens with zero attached hydrogens (tertiary/aromatic N) is 1. The first kappa shape index (κ1) is 19.8. The minimum absolute atomic E-state index is 0.0576. The molecule has 0 aliphatic rings. The second kappa shape index (κ2) is 7.74. The van der Waals surface area contributed by atoms with Crippen molar-refractivity contribution in [3.63, 3.8) is 0 Å². The topological polar surface area (TPSA) is 105 Å². The van der Waals surface area contributed by atoms with Gasteiger partial charge in [-0.15, -0.1) is 0 Å². The van der Waals surface area contributed by atoms with Crippen LogP contribution in [0.3, 0.4) is 0 Å². The van der Waals surface area contributed by atoms with Crippen molar-refractivity contribution < 1.29 is 13.3 Å². The van der Waals surface area contributed by atoms with Gasteiger partial charge < -0.3 is 4.98 Å². The summed E-state index contributed by atoms with van der Waals surface area (Å²) in [6, 6.07) is 19.3. The summed E-state index contributed by atoms with van der Waals surface area (Å²) in [7, 11) is -3.84. The van der Waals surface area contributed by atoms with Crippen molar-refractivity contribution in [2.75, 3.05) is 0 Å². The van der Waals surface area contributed by atoms with Crippen LogP contribution in [0.15, 0.2) is 83.9 Å². The van der Waals surface area contributed by atoms with Gasteiger partial charge in [-0.3, -0.25) is 10.1 Å². The first-order chi connectivity index (χ1) is 14.3. The molecule has 0 aliphatic carbocycles. The number of aromatic nitrogens is 1. The van der Waals surface area contributed by atoms with E-state index in [2.05, 4.69) is 9.71 Å². The van der Waals surface area contributed by atoms with Crippen LogP contribution in [0.5, 0.6) is 0 Å². The lowest BCUT2D eigenvalue weighted by molar-refractivity contribution is -0.384. The van der Waals surface area contributed by atoms with Crippen molar-refractivity contribution in [2.45, 2.75) is 17.9 Å². The molecule has 2 N–H and O–H groups in total. The SMILES string of the molecule is Cc1ccc(S(=O)(=O)N[C@H](c2ccc([N+](=O)[O-])cc2)c2c[nH]c3ccccc23)cc1. The van der Waals surface area contributed by atoms with Gasteiger partial charge >= 0.3 is 0 Å².